The average molecular weight is 229 g/mol. The highest BCUT2D eigenvalue weighted by atomic mass is 15.2. The molecule has 0 saturated carbocycles. The Morgan fingerprint density at radius 3 is 2.18 bits per heavy atom. The van der Waals surface area contributed by atoms with Crippen molar-refractivity contribution in [2.24, 2.45) is 0 Å². The van der Waals surface area contributed by atoms with Crippen molar-refractivity contribution in [3.63, 3.8) is 0 Å². The number of piperidine rings is 2. The van der Waals surface area contributed by atoms with Crippen LogP contribution < -0.4 is 0 Å². The van der Waals surface area contributed by atoms with E-state index in [4.69, 9.17) is 0 Å². The Morgan fingerprint density at radius 1 is 1.00 bits per heavy atom. The number of fused-ring (bicyclic) bond motifs is 2. The molecule has 1 aromatic carbocycles. The molecule has 0 amide bonds. The van der Waals surface area contributed by atoms with Gasteiger partial charge in [-0.2, -0.15) is 0 Å². The van der Waals surface area contributed by atoms with E-state index in [-0.39, 0.29) is 0 Å². The van der Waals surface area contributed by atoms with Crippen molar-refractivity contribution in [2.75, 3.05) is 7.05 Å². The zero-order valence-electron chi connectivity index (χ0n) is 11.0. The summed E-state index contributed by atoms with van der Waals surface area (Å²) in [5.74, 6) is 0.807. The second kappa shape index (κ2) is 4.45. The molecule has 2 fully saturated rings. The lowest BCUT2D eigenvalue weighted by molar-refractivity contribution is 0.0555. The second-order valence-electron chi connectivity index (χ2n) is 5.98. The van der Waals surface area contributed by atoms with Crippen LogP contribution in [0.5, 0.6) is 0 Å². The molecule has 2 unspecified atom stereocenters. The Bertz CT molecular complexity index is 367. The van der Waals surface area contributed by atoms with Crippen LogP contribution in [0.15, 0.2) is 24.3 Å². The first-order valence-corrected chi connectivity index (χ1v) is 7.02. The Morgan fingerprint density at radius 2 is 1.59 bits per heavy atom. The molecule has 0 radical (unpaired) electrons. The molecule has 0 N–H and O–H groups in total. The van der Waals surface area contributed by atoms with E-state index in [0.717, 1.165) is 18.0 Å². The molecule has 1 heteroatoms. The number of nitrogens with zero attached hydrogens (tertiary/aromatic N) is 1. The number of aryl methyl sites for hydroxylation is 1. The van der Waals surface area contributed by atoms with E-state index in [1.54, 1.807) is 5.56 Å². The maximum atomic E-state index is 2.65. The van der Waals surface area contributed by atoms with E-state index in [1.807, 2.05) is 0 Å². The Balaban J connectivity index is 1.79. The van der Waals surface area contributed by atoms with Gasteiger partial charge in [-0.15, -0.1) is 0 Å². The molecule has 0 aromatic heterocycles. The molecule has 17 heavy (non-hydrogen) atoms. The second-order valence-corrected chi connectivity index (χ2v) is 5.98. The fourth-order valence-corrected chi connectivity index (χ4v) is 3.73. The summed E-state index contributed by atoms with van der Waals surface area (Å²) in [6, 6.07) is 10.9. The van der Waals surface area contributed by atoms with Crippen LogP contribution in [0.2, 0.25) is 0 Å². The van der Waals surface area contributed by atoms with Crippen molar-refractivity contribution in [3.05, 3.63) is 35.4 Å². The Labute approximate surface area is 105 Å². The lowest BCUT2D eigenvalue weighted by atomic mass is 9.76. The standard InChI is InChI=1S/C16H23N/c1-12-6-8-13(9-7-12)14-10-15-4-3-5-16(11-14)17(15)2/h6-9,14-16H,3-5,10-11H2,1-2H3. The van der Waals surface area contributed by atoms with Gasteiger partial charge in [-0.3, -0.25) is 0 Å². The molecule has 1 aromatic rings. The van der Waals surface area contributed by atoms with Crippen molar-refractivity contribution in [2.45, 2.75) is 57.0 Å². The lowest BCUT2D eigenvalue weighted by Crippen LogP contribution is -2.49. The van der Waals surface area contributed by atoms with Gasteiger partial charge in [-0.1, -0.05) is 36.2 Å². The van der Waals surface area contributed by atoms with Gasteiger partial charge in [0.25, 0.3) is 0 Å². The van der Waals surface area contributed by atoms with Gasteiger partial charge in [0.15, 0.2) is 0 Å². The largest absolute Gasteiger partial charge is 0.300 e. The normalized spacial score (nSPS) is 33.6. The van der Waals surface area contributed by atoms with Crippen molar-refractivity contribution >= 4 is 0 Å². The van der Waals surface area contributed by atoms with Crippen LogP contribution in [0.4, 0.5) is 0 Å². The molecule has 92 valence electrons. The summed E-state index contributed by atoms with van der Waals surface area (Å²) in [5, 5.41) is 0. The minimum atomic E-state index is 0.807. The van der Waals surface area contributed by atoms with Gasteiger partial charge >= 0.3 is 0 Å². The first kappa shape index (κ1) is 11.3. The Kier molecular flexibility index (Phi) is 2.96. The summed E-state index contributed by atoms with van der Waals surface area (Å²) in [6.45, 7) is 2.17. The van der Waals surface area contributed by atoms with Gasteiger partial charge in [0, 0.05) is 12.1 Å². The molecule has 2 atom stereocenters. The van der Waals surface area contributed by atoms with Crippen LogP contribution in [0.1, 0.15) is 49.1 Å². The third kappa shape index (κ3) is 2.13. The third-order valence-electron chi connectivity index (χ3n) is 4.89. The Hall–Kier alpha value is -0.820. The topological polar surface area (TPSA) is 3.24 Å². The number of hydrogen-bond acceptors (Lipinski definition) is 1. The molecule has 0 aliphatic carbocycles. The van der Waals surface area contributed by atoms with E-state index in [0.29, 0.717) is 0 Å². The first-order valence-electron chi connectivity index (χ1n) is 7.02. The zero-order chi connectivity index (χ0) is 11.8. The van der Waals surface area contributed by atoms with Crippen molar-refractivity contribution < 1.29 is 0 Å². The smallest absolute Gasteiger partial charge is 0.0101 e. The first-order chi connectivity index (χ1) is 8.24. The average Bonchev–Trinajstić information content (AvgIpc) is 2.30. The molecule has 3 rings (SSSR count). The molecular formula is C16H23N. The third-order valence-corrected chi connectivity index (χ3v) is 4.89. The van der Waals surface area contributed by atoms with Crippen LogP contribution in [0, 0.1) is 6.92 Å². The summed E-state index contributed by atoms with van der Waals surface area (Å²) < 4.78 is 0. The van der Waals surface area contributed by atoms with E-state index in [9.17, 15) is 0 Å². The molecule has 1 nitrogen and oxygen atoms in total. The van der Waals surface area contributed by atoms with Crippen LogP contribution >= 0.6 is 0 Å². The molecule has 2 heterocycles. The zero-order valence-corrected chi connectivity index (χ0v) is 11.0. The summed E-state index contributed by atoms with van der Waals surface area (Å²) >= 11 is 0. The van der Waals surface area contributed by atoms with Gasteiger partial charge in [-0.25, -0.2) is 0 Å². The molecule has 2 aliphatic rings. The van der Waals surface area contributed by atoms with Gasteiger partial charge in [0.05, 0.1) is 0 Å². The van der Waals surface area contributed by atoms with Crippen LogP contribution in [0.3, 0.4) is 0 Å². The number of rotatable bonds is 1. The van der Waals surface area contributed by atoms with Gasteiger partial charge < -0.3 is 4.90 Å². The van der Waals surface area contributed by atoms with Crippen LogP contribution in [-0.2, 0) is 0 Å². The molecular weight excluding hydrogens is 206 g/mol. The monoisotopic (exact) mass is 229 g/mol. The van der Waals surface area contributed by atoms with Crippen LogP contribution in [0.25, 0.3) is 0 Å². The fraction of sp³-hybridized carbons (Fsp3) is 0.625. The number of benzene rings is 1. The van der Waals surface area contributed by atoms with E-state index >= 15 is 0 Å². The minimum absolute atomic E-state index is 0.807. The maximum Gasteiger partial charge on any atom is 0.0101 e. The highest BCUT2D eigenvalue weighted by molar-refractivity contribution is 5.25. The fourth-order valence-electron chi connectivity index (χ4n) is 3.73. The number of hydrogen-bond donors (Lipinski definition) is 0. The lowest BCUT2D eigenvalue weighted by Gasteiger charge is -2.47. The summed E-state index contributed by atoms with van der Waals surface area (Å²) in [6.07, 6.45) is 7.01. The molecule has 2 bridgehead atoms. The highest BCUT2D eigenvalue weighted by Gasteiger charge is 2.36. The predicted octanol–water partition coefficient (Wildman–Crippen LogP) is 3.73. The summed E-state index contributed by atoms with van der Waals surface area (Å²) in [4.78, 5) is 2.65. The SMILES string of the molecule is Cc1ccc(C2CC3CCCC(C2)N3C)cc1. The maximum absolute atomic E-state index is 2.65. The van der Waals surface area contributed by atoms with E-state index in [1.165, 1.54) is 37.7 Å². The summed E-state index contributed by atoms with van der Waals surface area (Å²) in [5.41, 5.74) is 2.95. The molecule has 2 aliphatic heterocycles. The van der Waals surface area contributed by atoms with Crippen molar-refractivity contribution in [1.82, 2.24) is 4.90 Å². The van der Waals surface area contributed by atoms with Crippen molar-refractivity contribution in [1.29, 1.82) is 0 Å². The van der Waals surface area contributed by atoms with Crippen molar-refractivity contribution in [3.8, 4) is 0 Å². The van der Waals surface area contributed by atoms with Crippen LogP contribution in [-0.4, -0.2) is 24.0 Å². The van der Waals surface area contributed by atoms with E-state index in [2.05, 4.69) is 43.1 Å². The molecule has 0 spiro atoms. The summed E-state index contributed by atoms with van der Waals surface area (Å²) in [7, 11) is 2.33. The molecule has 2 saturated heterocycles. The van der Waals surface area contributed by atoms with Gasteiger partial charge in [0.1, 0.15) is 0 Å². The van der Waals surface area contributed by atoms with Gasteiger partial charge in [0.2, 0.25) is 0 Å². The van der Waals surface area contributed by atoms with E-state index < -0.39 is 0 Å². The quantitative estimate of drug-likeness (QED) is 0.709. The van der Waals surface area contributed by atoms with Gasteiger partial charge in [-0.05, 0) is 51.1 Å². The predicted molar refractivity (Wildman–Crippen MR) is 72.3 cm³/mol. The highest BCUT2D eigenvalue weighted by Crippen LogP contribution is 2.40. The minimum Gasteiger partial charge on any atom is -0.300 e.